The summed E-state index contributed by atoms with van der Waals surface area (Å²) in [5.74, 6) is -0.224. The van der Waals surface area contributed by atoms with Gasteiger partial charge in [0.05, 0.1) is 6.10 Å². The minimum atomic E-state index is -0.425. The van der Waals surface area contributed by atoms with Crippen LogP contribution in [0.25, 0.3) is 0 Å². The average molecular weight is 304 g/mol. The molecule has 0 aromatic carbocycles. The molecular formula is C19H28O3. The largest absolute Gasteiger partial charge is 0.454 e. The van der Waals surface area contributed by atoms with Crippen LogP contribution in [0.2, 0.25) is 0 Å². The number of allylic oxidation sites excluding steroid dienone is 4. The fourth-order valence-electron chi connectivity index (χ4n) is 2.32. The van der Waals surface area contributed by atoms with Crippen LogP contribution in [0.4, 0.5) is 0 Å². The first-order valence-electron chi connectivity index (χ1n) is 7.98. The molecule has 1 rings (SSSR count). The molecule has 0 amide bonds. The molecule has 0 saturated carbocycles. The van der Waals surface area contributed by atoms with Gasteiger partial charge >= 0.3 is 5.97 Å². The Balaban J connectivity index is 3.00. The lowest BCUT2D eigenvalue weighted by molar-refractivity contribution is -0.142. The minimum Gasteiger partial charge on any atom is -0.454 e. The maximum Gasteiger partial charge on any atom is 0.331 e. The molecule has 3 heteroatoms. The third-order valence-corrected chi connectivity index (χ3v) is 3.87. The Morgan fingerprint density at radius 2 is 2.00 bits per heavy atom. The third-order valence-electron chi connectivity index (χ3n) is 3.87. The number of ether oxygens (including phenoxy) is 1. The molecule has 1 aliphatic rings. The molecule has 0 aromatic rings. The number of carbonyl (C=O) groups excluding carboxylic acids is 1. The fraction of sp³-hybridized carbons (Fsp3) is 0.526. The van der Waals surface area contributed by atoms with Crippen molar-refractivity contribution in [2.75, 3.05) is 0 Å². The van der Waals surface area contributed by atoms with Crippen molar-refractivity contribution in [3.8, 4) is 0 Å². The molecule has 22 heavy (non-hydrogen) atoms. The topological polar surface area (TPSA) is 46.5 Å². The SMILES string of the molecule is C/C(=C\[C@H](C)[C@@H](C)O)C1OC(=O)/C=C/CC/C=C/C=C\[C@@H]1C. The van der Waals surface area contributed by atoms with E-state index in [0.29, 0.717) is 0 Å². The summed E-state index contributed by atoms with van der Waals surface area (Å²) in [6, 6.07) is 0. The van der Waals surface area contributed by atoms with Crippen LogP contribution in [0.1, 0.15) is 40.5 Å². The molecule has 4 atom stereocenters. The summed E-state index contributed by atoms with van der Waals surface area (Å²) >= 11 is 0. The summed E-state index contributed by atoms with van der Waals surface area (Å²) in [5, 5.41) is 9.65. The number of cyclic esters (lactones) is 1. The number of hydrogen-bond donors (Lipinski definition) is 1. The van der Waals surface area contributed by atoms with Crippen molar-refractivity contribution in [2.45, 2.75) is 52.7 Å². The highest BCUT2D eigenvalue weighted by Gasteiger charge is 2.22. The van der Waals surface area contributed by atoms with E-state index >= 15 is 0 Å². The molecule has 0 aliphatic carbocycles. The zero-order valence-electron chi connectivity index (χ0n) is 14.0. The van der Waals surface area contributed by atoms with Crippen LogP contribution >= 0.6 is 0 Å². The lowest BCUT2D eigenvalue weighted by atomic mass is 9.93. The monoisotopic (exact) mass is 304 g/mol. The molecule has 0 bridgehead atoms. The first-order valence-corrected chi connectivity index (χ1v) is 7.98. The van der Waals surface area contributed by atoms with Gasteiger partial charge in [-0.1, -0.05) is 50.3 Å². The smallest absolute Gasteiger partial charge is 0.331 e. The highest BCUT2D eigenvalue weighted by atomic mass is 16.5. The van der Waals surface area contributed by atoms with Gasteiger partial charge in [0, 0.05) is 17.9 Å². The second kappa shape index (κ2) is 9.42. The summed E-state index contributed by atoms with van der Waals surface area (Å²) in [5.41, 5.74) is 0.966. The Morgan fingerprint density at radius 3 is 2.68 bits per heavy atom. The molecule has 122 valence electrons. The molecule has 1 aliphatic heterocycles. The van der Waals surface area contributed by atoms with Gasteiger partial charge in [-0.25, -0.2) is 4.79 Å². The summed E-state index contributed by atoms with van der Waals surface area (Å²) in [6.45, 7) is 7.70. The fourth-order valence-corrected chi connectivity index (χ4v) is 2.32. The molecule has 1 N–H and O–H groups in total. The van der Waals surface area contributed by atoms with E-state index < -0.39 is 6.10 Å². The second-order valence-electron chi connectivity index (χ2n) is 6.02. The van der Waals surface area contributed by atoms with E-state index in [1.165, 1.54) is 6.08 Å². The second-order valence-corrected chi connectivity index (χ2v) is 6.02. The Bertz CT molecular complexity index is 469. The van der Waals surface area contributed by atoms with Crippen LogP contribution in [0.15, 0.2) is 48.1 Å². The van der Waals surface area contributed by atoms with Crippen molar-refractivity contribution < 1.29 is 14.6 Å². The van der Waals surface area contributed by atoms with Gasteiger partial charge in [0.25, 0.3) is 0 Å². The van der Waals surface area contributed by atoms with Crippen molar-refractivity contribution in [3.63, 3.8) is 0 Å². The zero-order valence-corrected chi connectivity index (χ0v) is 14.0. The number of carbonyl (C=O) groups is 1. The summed E-state index contributed by atoms with van der Waals surface area (Å²) in [7, 11) is 0. The molecule has 0 radical (unpaired) electrons. The van der Waals surface area contributed by atoms with Crippen LogP contribution in [0, 0.1) is 11.8 Å². The molecule has 3 nitrogen and oxygen atoms in total. The van der Waals surface area contributed by atoms with Crippen LogP contribution in [0.5, 0.6) is 0 Å². The van der Waals surface area contributed by atoms with Gasteiger partial charge in [0.15, 0.2) is 0 Å². The van der Waals surface area contributed by atoms with Gasteiger partial charge in [0.2, 0.25) is 0 Å². The maximum atomic E-state index is 12.0. The van der Waals surface area contributed by atoms with Gasteiger partial charge in [0.1, 0.15) is 6.10 Å². The van der Waals surface area contributed by atoms with Gasteiger partial charge in [-0.3, -0.25) is 0 Å². The van der Waals surface area contributed by atoms with Crippen LogP contribution in [0.3, 0.4) is 0 Å². The molecule has 1 heterocycles. The van der Waals surface area contributed by atoms with E-state index in [4.69, 9.17) is 4.74 Å². The van der Waals surface area contributed by atoms with Gasteiger partial charge < -0.3 is 9.84 Å². The van der Waals surface area contributed by atoms with Crippen molar-refractivity contribution in [2.24, 2.45) is 11.8 Å². The normalized spacial score (nSPS) is 31.1. The first-order chi connectivity index (χ1) is 10.4. The van der Waals surface area contributed by atoms with Crippen molar-refractivity contribution in [1.29, 1.82) is 0 Å². The summed E-state index contributed by atoms with van der Waals surface area (Å²) < 4.78 is 5.63. The first kappa shape index (κ1) is 18.4. The van der Waals surface area contributed by atoms with E-state index in [1.807, 2.05) is 51.2 Å². The molecule has 0 fully saturated rings. The van der Waals surface area contributed by atoms with E-state index in [0.717, 1.165) is 18.4 Å². The Hall–Kier alpha value is -1.61. The van der Waals surface area contributed by atoms with E-state index in [2.05, 4.69) is 6.08 Å². The lowest BCUT2D eigenvalue weighted by Gasteiger charge is -2.24. The highest BCUT2D eigenvalue weighted by Crippen LogP contribution is 2.21. The van der Waals surface area contributed by atoms with Gasteiger partial charge in [-0.05, 0) is 32.3 Å². The van der Waals surface area contributed by atoms with Crippen molar-refractivity contribution in [3.05, 3.63) is 48.1 Å². The lowest BCUT2D eigenvalue weighted by Crippen LogP contribution is -2.26. The van der Waals surface area contributed by atoms with Crippen LogP contribution in [-0.2, 0) is 9.53 Å². The van der Waals surface area contributed by atoms with E-state index in [-0.39, 0.29) is 23.9 Å². The number of rotatable bonds is 3. The molecular weight excluding hydrogens is 276 g/mol. The molecule has 0 aromatic heterocycles. The van der Waals surface area contributed by atoms with Crippen LogP contribution < -0.4 is 0 Å². The number of aliphatic hydroxyl groups excluding tert-OH is 1. The molecule has 0 spiro atoms. The predicted octanol–water partition coefficient (Wildman–Crippen LogP) is 3.96. The predicted molar refractivity (Wildman–Crippen MR) is 90.3 cm³/mol. The molecule has 0 saturated heterocycles. The zero-order chi connectivity index (χ0) is 16.5. The maximum absolute atomic E-state index is 12.0. The number of esters is 1. The van der Waals surface area contributed by atoms with Crippen molar-refractivity contribution in [1.82, 2.24) is 0 Å². The Morgan fingerprint density at radius 1 is 1.32 bits per heavy atom. The average Bonchev–Trinajstić information content (AvgIpc) is 2.45. The minimum absolute atomic E-state index is 0.0201. The standard InChI is InChI=1S/C19H28O3/c1-14-11-9-7-5-6-8-10-12-18(21)22-19(14)16(3)13-15(2)17(4)20/h5,7,9-15,17,19-20H,6,8H2,1-4H3/b7-5+,11-9-,12-10+,16-13+/t14-,15-,17+,19?/m0/s1. The highest BCUT2D eigenvalue weighted by molar-refractivity contribution is 5.82. The Kier molecular flexibility index (Phi) is 7.89. The number of hydrogen-bond acceptors (Lipinski definition) is 3. The van der Waals surface area contributed by atoms with Crippen molar-refractivity contribution >= 4 is 5.97 Å². The van der Waals surface area contributed by atoms with Gasteiger partial charge in [-0.2, -0.15) is 0 Å². The summed E-state index contributed by atoms with van der Waals surface area (Å²) in [4.78, 5) is 12.0. The quantitative estimate of drug-likeness (QED) is 0.634. The summed E-state index contributed by atoms with van der Waals surface area (Å²) in [6.07, 6.45) is 14.5. The van der Waals surface area contributed by atoms with Gasteiger partial charge in [-0.15, -0.1) is 0 Å². The molecule has 1 unspecified atom stereocenters. The van der Waals surface area contributed by atoms with E-state index in [9.17, 15) is 9.90 Å². The number of aliphatic hydroxyl groups is 1. The third kappa shape index (κ3) is 6.44. The Labute approximate surface area is 134 Å². The van der Waals surface area contributed by atoms with E-state index in [1.54, 1.807) is 6.92 Å². The van der Waals surface area contributed by atoms with Crippen LogP contribution in [-0.4, -0.2) is 23.3 Å².